The van der Waals surface area contributed by atoms with E-state index in [0.717, 1.165) is 29.5 Å². The number of aryl methyl sites for hydroxylation is 1. The van der Waals surface area contributed by atoms with E-state index in [-0.39, 0.29) is 17.4 Å². The Kier molecular flexibility index (Phi) is 5.27. The number of hydrogen-bond acceptors (Lipinski definition) is 3. The van der Waals surface area contributed by atoms with Crippen molar-refractivity contribution in [3.8, 4) is 0 Å². The SMILES string of the molecule is C[C@H]1C2=CN(C34CC(C(=O)O)(C3)C4)C(=O)NC2(c2ccc(CCC(C)(C)C)c(Cl)c2)COC1(C)C. The number of carboxylic acids is 1. The molecule has 2 heterocycles. The Morgan fingerprint density at radius 1 is 1.26 bits per heavy atom. The van der Waals surface area contributed by atoms with E-state index in [9.17, 15) is 14.7 Å². The summed E-state index contributed by atoms with van der Waals surface area (Å²) in [7, 11) is 0. The monoisotopic (exact) mass is 500 g/mol. The minimum atomic E-state index is -0.803. The molecule has 0 radical (unpaired) electrons. The number of nitrogens with one attached hydrogen (secondary N) is 1. The highest BCUT2D eigenvalue weighted by atomic mass is 35.5. The third-order valence-electron chi connectivity index (χ3n) is 9.13. The smallest absolute Gasteiger partial charge is 0.322 e. The molecule has 7 heteroatoms. The molecule has 1 aromatic rings. The van der Waals surface area contributed by atoms with E-state index < -0.39 is 28.1 Å². The molecule has 2 bridgehead atoms. The average Bonchev–Trinajstić information content (AvgIpc) is 2.68. The lowest BCUT2D eigenvalue weighted by Gasteiger charge is -2.71. The molecule has 2 N–H and O–H groups in total. The van der Waals surface area contributed by atoms with Crippen molar-refractivity contribution in [1.82, 2.24) is 10.2 Å². The summed E-state index contributed by atoms with van der Waals surface area (Å²) in [5.41, 5.74) is 1.08. The third kappa shape index (κ3) is 3.62. The first-order valence-corrected chi connectivity index (χ1v) is 13.0. The number of aliphatic carboxylic acids is 1. The van der Waals surface area contributed by atoms with Gasteiger partial charge in [-0.1, -0.05) is 51.4 Å². The van der Waals surface area contributed by atoms with Gasteiger partial charge < -0.3 is 15.2 Å². The van der Waals surface area contributed by atoms with Gasteiger partial charge in [0.15, 0.2) is 0 Å². The van der Waals surface area contributed by atoms with Crippen molar-refractivity contribution in [3.63, 3.8) is 0 Å². The molecule has 190 valence electrons. The molecule has 0 aromatic heterocycles. The van der Waals surface area contributed by atoms with Gasteiger partial charge in [-0.05, 0) is 74.1 Å². The number of carbonyl (C=O) groups excluding carboxylic acids is 1. The van der Waals surface area contributed by atoms with Crippen LogP contribution in [-0.2, 0) is 21.5 Å². The zero-order chi connectivity index (χ0) is 25.6. The Hall–Kier alpha value is -2.05. The van der Waals surface area contributed by atoms with Crippen LogP contribution >= 0.6 is 11.6 Å². The average molecular weight is 501 g/mol. The molecule has 0 spiro atoms. The van der Waals surface area contributed by atoms with Crippen LogP contribution in [0, 0.1) is 16.7 Å². The van der Waals surface area contributed by atoms with E-state index in [1.54, 1.807) is 4.90 Å². The van der Waals surface area contributed by atoms with Gasteiger partial charge in [0.2, 0.25) is 0 Å². The maximum absolute atomic E-state index is 13.5. The van der Waals surface area contributed by atoms with Crippen LogP contribution < -0.4 is 5.32 Å². The Bertz CT molecular complexity index is 1110. The molecule has 2 amide bonds. The predicted octanol–water partition coefficient (Wildman–Crippen LogP) is 5.88. The molecule has 5 aliphatic rings. The van der Waals surface area contributed by atoms with E-state index in [2.05, 4.69) is 59.0 Å². The van der Waals surface area contributed by atoms with Gasteiger partial charge in [0.1, 0.15) is 5.54 Å². The van der Waals surface area contributed by atoms with Crippen LogP contribution in [0.25, 0.3) is 0 Å². The Balaban J connectivity index is 1.51. The van der Waals surface area contributed by atoms with Gasteiger partial charge in [0, 0.05) is 17.1 Å². The molecule has 2 atom stereocenters. The van der Waals surface area contributed by atoms with Crippen LogP contribution in [0.15, 0.2) is 30.0 Å². The molecular weight excluding hydrogens is 464 g/mol. The zero-order valence-electron chi connectivity index (χ0n) is 21.6. The standard InChI is InChI=1S/C28H37ClN2O4/c1-17-20-12-31(27-13-26(14-27,15-27)22(32)33)23(34)30-28(20,16-35-25(17,5)6)19-8-7-18(21(29)11-19)9-10-24(2,3)4/h7-8,11-12,17H,9-10,13-16H2,1-6H3,(H,30,34)(H,32,33)/t17-,26?,27?,28?/m0/s1. The first-order chi connectivity index (χ1) is 16.1. The summed E-state index contributed by atoms with van der Waals surface area (Å²) in [6, 6.07) is 5.94. The molecule has 35 heavy (non-hydrogen) atoms. The number of hydrogen-bond donors (Lipinski definition) is 2. The number of fused-ring (bicyclic) bond motifs is 1. The van der Waals surface area contributed by atoms with E-state index in [0.29, 0.717) is 30.9 Å². The topological polar surface area (TPSA) is 78.9 Å². The highest BCUT2D eigenvalue weighted by Crippen LogP contribution is 2.70. The quantitative estimate of drug-likeness (QED) is 0.529. The number of urea groups is 1. The minimum absolute atomic E-state index is 0.0273. The second-order valence-electron chi connectivity index (χ2n) is 13.1. The fourth-order valence-electron chi connectivity index (χ4n) is 6.43. The number of rotatable bonds is 5. The van der Waals surface area contributed by atoms with Crippen molar-refractivity contribution >= 4 is 23.6 Å². The van der Waals surface area contributed by atoms with Crippen molar-refractivity contribution in [2.24, 2.45) is 16.7 Å². The van der Waals surface area contributed by atoms with Crippen LogP contribution in [0.3, 0.4) is 0 Å². The van der Waals surface area contributed by atoms with Crippen molar-refractivity contribution < 1.29 is 19.4 Å². The van der Waals surface area contributed by atoms with Crippen molar-refractivity contribution in [3.05, 3.63) is 46.1 Å². The Labute approximate surface area is 213 Å². The number of benzene rings is 1. The molecular formula is C28H37ClN2O4. The minimum Gasteiger partial charge on any atom is -0.481 e. The molecule has 1 aromatic carbocycles. The molecule has 2 aliphatic heterocycles. The van der Waals surface area contributed by atoms with Gasteiger partial charge >= 0.3 is 12.0 Å². The molecule has 4 fully saturated rings. The predicted molar refractivity (Wildman–Crippen MR) is 135 cm³/mol. The first kappa shape index (κ1) is 24.6. The second-order valence-corrected chi connectivity index (χ2v) is 13.5. The molecule has 1 unspecified atom stereocenters. The number of amides is 2. The van der Waals surface area contributed by atoms with Gasteiger partial charge in [-0.3, -0.25) is 9.69 Å². The molecule has 3 saturated carbocycles. The fourth-order valence-corrected chi connectivity index (χ4v) is 6.71. The van der Waals surface area contributed by atoms with Crippen molar-refractivity contribution in [2.75, 3.05) is 6.61 Å². The van der Waals surface area contributed by atoms with Crippen LogP contribution in [0.5, 0.6) is 0 Å². The number of halogens is 1. The largest absolute Gasteiger partial charge is 0.481 e. The van der Waals surface area contributed by atoms with Crippen LogP contribution in [0.2, 0.25) is 5.02 Å². The summed E-state index contributed by atoms with van der Waals surface area (Å²) in [6.07, 6.45) is 5.47. The molecule has 3 aliphatic carbocycles. The van der Waals surface area contributed by atoms with E-state index in [1.165, 1.54) is 0 Å². The van der Waals surface area contributed by atoms with Gasteiger partial charge in [0.25, 0.3) is 0 Å². The van der Waals surface area contributed by atoms with Crippen LogP contribution in [-0.4, -0.2) is 39.8 Å². The van der Waals surface area contributed by atoms with Gasteiger partial charge in [-0.25, -0.2) is 4.79 Å². The van der Waals surface area contributed by atoms with E-state index >= 15 is 0 Å². The summed E-state index contributed by atoms with van der Waals surface area (Å²) in [6.45, 7) is 13.3. The van der Waals surface area contributed by atoms with Gasteiger partial charge in [0.05, 0.1) is 23.2 Å². The van der Waals surface area contributed by atoms with Crippen molar-refractivity contribution in [2.45, 2.75) is 90.3 Å². The van der Waals surface area contributed by atoms with Gasteiger partial charge in [-0.2, -0.15) is 0 Å². The lowest BCUT2D eigenvalue weighted by atomic mass is 9.38. The third-order valence-corrected chi connectivity index (χ3v) is 9.48. The first-order valence-electron chi connectivity index (χ1n) is 12.6. The van der Waals surface area contributed by atoms with E-state index in [1.807, 2.05) is 12.3 Å². The number of nitrogens with zero attached hydrogens (tertiary/aromatic N) is 1. The zero-order valence-corrected chi connectivity index (χ0v) is 22.4. The summed E-state index contributed by atoms with van der Waals surface area (Å²) in [5, 5.41) is 13.6. The Morgan fingerprint density at radius 2 is 1.91 bits per heavy atom. The highest BCUT2D eigenvalue weighted by molar-refractivity contribution is 6.31. The fraction of sp³-hybridized carbons (Fsp3) is 0.643. The van der Waals surface area contributed by atoms with Crippen LogP contribution in [0.1, 0.15) is 78.4 Å². The van der Waals surface area contributed by atoms with Crippen LogP contribution in [0.4, 0.5) is 4.79 Å². The lowest BCUT2D eigenvalue weighted by Crippen LogP contribution is -2.79. The summed E-state index contributed by atoms with van der Waals surface area (Å²) in [4.78, 5) is 27.0. The second kappa shape index (κ2) is 7.48. The van der Waals surface area contributed by atoms with Gasteiger partial charge in [-0.15, -0.1) is 0 Å². The van der Waals surface area contributed by atoms with E-state index in [4.69, 9.17) is 16.3 Å². The Morgan fingerprint density at radius 3 is 2.49 bits per heavy atom. The summed E-state index contributed by atoms with van der Waals surface area (Å²) >= 11 is 6.78. The maximum atomic E-state index is 13.5. The summed E-state index contributed by atoms with van der Waals surface area (Å²) < 4.78 is 6.34. The summed E-state index contributed by atoms with van der Waals surface area (Å²) in [5.74, 6) is -0.722. The molecule has 6 nitrogen and oxygen atoms in total. The number of carboxylic acid groups (broad SMARTS) is 1. The normalized spacial score (nSPS) is 35.3. The molecule has 1 saturated heterocycles. The lowest BCUT2D eigenvalue weighted by molar-refractivity contribution is -0.216. The molecule has 6 rings (SSSR count). The van der Waals surface area contributed by atoms with Crippen molar-refractivity contribution in [1.29, 1.82) is 0 Å². The highest BCUT2D eigenvalue weighted by Gasteiger charge is 2.75. The maximum Gasteiger partial charge on any atom is 0.322 e. The number of carbonyl (C=O) groups is 2. The number of ether oxygens (including phenoxy) is 1.